The normalized spacial score (nSPS) is 12.8. The lowest BCUT2D eigenvalue weighted by Crippen LogP contribution is -2.30. The molecule has 0 saturated carbocycles. The smallest absolute Gasteiger partial charge is 0.306 e. The van der Waals surface area contributed by atoms with E-state index in [0.29, 0.717) is 19.3 Å². The van der Waals surface area contributed by atoms with Crippen LogP contribution in [0.25, 0.3) is 0 Å². The van der Waals surface area contributed by atoms with E-state index in [4.69, 9.17) is 14.2 Å². The molecule has 0 aromatic heterocycles. The zero-order valence-electron chi connectivity index (χ0n) is 54.0. The lowest BCUT2D eigenvalue weighted by atomic mass is 10.0. The van der Waals surface area contributed by atoms with Crippen molar-refractivity contribution in [1.29, 1.82) is 0 Å². The van der Waals surface area contributed by atoms with Crippen LogP contribution in [-0.2, 0) is 28.6 Å². The second kappa shape index (κ2) is 69.6. The Balaban J connectivity index is 4.02. The van der Waals surface area contributed by atoms with Crippen molar-refractivity contribution in [2.45, 2.75) is 341 Å². The number of rotatable bonds is 63. The largest absolute Gasteiger partial charge is 0.462 e. The molecule has 0 aliphatic rings. The highest BCUT2D eigenvalue weighted by Crippen LogP contribution is 2.17. The van der Waals surface area contributed by atoms with Crippen LogP contribution in [0.1, 0.15) is 335 Å². The molecule has 0 radical (unpaired) electrons. The van der Waals surface area contributed by atoms with E-state index >= 15 is 0 Å². The number of carbonyl (C=O) groups excluding carboxylic acids is 3. The maximum Gasteiger partial charge on any atom is 0.306 e. The number of unbranched alkanes of at least 4 members (excludes halogenated alkanes) is 34. The molecule has 1 atom stereocenters. The first-order chi connectivity index (χ1) is 40.5. The molecule has 0 aromatic carbocycles. The molecule has 0 N–H and O–H groups in total. The SMILES string of the molecule is CC/C=C\C/C=C\C/C=C\C/C=C\C/C=C\C/C=C\CCCCCCCCCCCCCCCCCCC(=O)OCC(COC(=O)CCCCCCCC)OC(=O)CCCCCCCCCC/C=C\C/C=C\C/C=C\CCCCCCC. The highest BCUT2D eigenvalue weighted by molar-refractivity contribution is 5.71. The van der Waals surface area contributed by atoms with Gasteiger partial charge in [-0.25, -0.2) is 0 Å². The molecule has 0 fully saturated rings. The summed E-state index contributed by atoms with van der Waals surface area (Å²) in [6.45, 7) is 6.48. The molecule has 1 unspecified atom stereocenters. The van der Waals surface area contributed by atoms with Crippen molar-refractivity contribution >= 4 is 17.9 Å². The Morgan fingerprint density at radius 2 is 0.476 bits per heavy atom. The van der Waals surface area contributed by atoms with Crippen LogP contribution in [-0.4, -0.2) is 37.2 Å². The molecule has 470 valence electrons. The van der Waals surface area contributed by atoms with E-state index in [1.807, 2.05) is 0 Å². The van der Waals surface area contributed by atoms with Crippen LogP contribution in [0, 0.1) is 0 Å². The monoisotopic (exact) mass is 1140 g/mol. The highest BCUT2D eigenvalue weighted by atomic mass is 16.6. The van der Waals surface area contributed by atoms with Gasteiger partial charge in [-0.1, -0.05) is 316 Å². The third-order valence-electron chi connectivity index (χ3n) is 15.0. The Hall–Kier alpha value is -3.93. The van der Waals surface area contributed by atoms with Crippen molar-refractivity contribution < 1.29 is 28.6 Å². The van der Waals surface area contributed by atoms with E-state index in [1.165, 1.54) is 180 Å². The number of ether oxygens (including phenoxy) is 3. The fourth-order valence-electron chi connectivity index (χ4n) is 9.81. The summed E-state index contributed by atoms with van der Waals surface area (Å²) in [6, 6.07) is 0. The first-order valence-corrected chi connectivity index (χ1v) is 34.9. The van der Waals surface area contributed by atoms with E-state index in [9.17, 15) is 14.4 Å². The second-order valence-electron chi connectivity index (χ2n) is 23.1. The summed E-state index contributed by atoms with van der Waals surface area (Å²) in [6.07, 6.45) is 95.8. The molecule has 0 aliphatic carbocycles. The molecule has 0 aromatic rings. The minimum absolute atomic E-state index is 0.0781. The lowest BCUT2D eigenvalue weighted by molar-refractivity contribution is -0.167. The standard InChI is InChI=1S/C76H130O6/c1-4-7-10-13-16-18-20-22-24-26-28-30-32-33-34-35-36-37-38-39-40-41-42-43-45-46-48-50-52-54-56-58-60-63-66-69-75(78)81-72-73(71-80-74(77)68-65-62-15-12-9-6-3)82-76(79)70-67-64-61-59-57-55-53-51-49-47-44-31-29-27-25-23-21-19-17-14-11-8-5-2/h7,10,16,18,21-24,27-30,33-34,36-37,44,47,73H,4-6,8-9,11-15,17,19-20,25-26,31-32,35,38-43,45-46,48-72H2,1-3H3/b10-7-,18-16-,23-21-,24-22-,29-27-,30-28-,34-33-,37-36-,47-44-. The van der Waals surface area contributed by atoms with Crippen molar-refractivity contribution in [2.75, 3.05) is 13.2 Å². The van der Waals surface area contributed by atoms with E-state index in [2.05, 4.69) is 130 Å². The van der Waals surface area contributed by atoms with Gasteiger partial charge in [0.05, 0.1) is 0 Å². The van der Waals surface area contributed by atoms with Crippen LogP contribution in [0.3, 0.4) is 0 Å². The molecule has 0 amide bonds. The zero-order valence-corrected chi connectivity index (χ0v) is 54.0. The quantitative estimate of drug-likeness (QED) is 0.0261. The Morgan fingerprint density at radius 3 is 0.744 bits per heavy atom. The number of hydrogen-bond donors (Lipinski definition) is 0. The first kappa shape index (κ1) is 78.1. The zero-order chi connectivity index (χ0) is 59.2. The Morgan fingerprint density at radius 1 is 0.256 bits per heavy atom. The predicted octanol–water partition coefficient (Wildman–Crippen LogP) is 24.2. The van der Waals surface area contributed by atoms with Gasteiger partial charge in [-0.05, 0) is 109 Å². The summed E-state index contributed by atoms with van der Waals surface area (Å²) in [5, 5.41) is 0. The van der Waals surface area contributed by atoms with Gasteiger partial charge in [-0.2, -0.15) is 0 Å². The molecule has 0 heterocycles. The molecule has 6 nitrogen and oxygen atoms in total. The summed E-state index contributed by atoms with van der Waals surface area (Å²) in [5.41, 5.74) is 0. The van der Waals surface area contributed by atoms with Gasteiger partial charge < -0.3 is 14.2 Å². The van der Waals surface area contributed by atoms with Crippen LogP contribution in [0.15, 0.2) is 109 Å². The van der Waals surface area contributed by atoms with Gasteiger partial charge in [0.15, 0.2) is 6.10 Å². The van der Waals surface area contributed by atoms with Gasteiger partial charge in [-0.3, -0.25) is 14.4 Å². The van der Waals surface area contributed by atoms with Crippen LogP contribution >= 0.6 is 0 Å². The van der Waals surface area contributed by atoms with Gasteiger partial charge in [0.25, 0.3) is 0 Å². The van der Waals surface area contributed by atoms with Crippen molar-refractivity contribution in [3.63, 3.8) is 0 Å². The minimum atomic E-state index is -0.779. The van der Waals surface area contributed by atoms with Gasteiger partial charge in [0.2, 0.25) is 0 Å². The maximum atomic E-state index is 12.9. The van der Waals surface area contributed by atoms with Crippen molar-refractivity contribution in [3.8, 4) is 0 Å². The molecule has 0 saturated heterocycles. The van der Waals surface area contributed by atoms with Gasteiger partial charge in [0, 0.05) is 19.3 Å². The third kappa shape index (κ3) is 66.9. The van der Waals surface area contributed by atoms with E-state index < -0.39 is 6.10 Å². The number of hydrogen-bond acceptors (Lipinski definition) is 6. The van der Waals surface area contributed by atoms with Crippen molar-refractivity contribution in [3.05, 3.63) is 109 Å². The van der Waals surface area contributed by atoms with Crippen molar-refractivity contribution in [1.82, 2.24) is 0 Å². The highest BCUT2D eigenvalue weighted by Gasteiger charge is 2.19. The molecular formula is C76H130O6. The second-order valence-corrected chi connectivity index (χ2v) is 23.1. The molecule has 0 spiro atoms. The Labute approximate surface area is 508 Å². The van der Waals surface area contributed by atoms with Crippen LogP contribution < -0.4 is 0 Å². The summed E-state index contributed by atoms with van der Waals surface area (Å²) in [7, 11) is 0. The van der Waals surface area contributed by atoms with Gasteiger partial charge in [0.1, 0.15) is 13.2 Å². The minimum Gasteiger partial charge on any atom is -0.462 e. The molecular weight excluding hydrogens is 1010 g/mol. The Kier molecular flexibility index (Phi) is 66.2. The van der Waals surface area contributed by atoms with E-state index in [1.54, 1.807) is 0 Å². The Bertz CT molecular complexity index is 1640. The third-order valence-corrected chi connectivity index (χ3v) is 15.0. The van der Waals surface area contributed by atoms with Crippen LogP contribution in [0.4, 0.5) is 0 Å². The number of allylic oxidation sites excluding steroid dienone is 18. The summed E-state index contributed by atoms with van der Waals surface area (Å²) in [4.78, 5) is 38.1. The van der Waals surface area contributed by atoms with Crippen LogP contribution in [0.2, 0.25) is 0 Å². The topological polar surface area (TPSA) is 78.9 Å². The maximum absolute atomic E-state index is 12.9. The van der Waals surface area contributed by atoms with Crippen LogP contribution in [0.5, 0.6) is 0 Å². The van der Waals surface area contributed by atoms with Gasteiger partial charge >= 0.3 is 17.9 Å². The number of carbonyl (C=O) groups is 3. The summed E-state index contributed by atoms with van der Waals surface area (Å²) >= 11 is 0. The molecule has 6 heteroatoms. The lowest BCUT2D eigenvalue weighted by Gasteiger charge is -2.18. The van der Waals surface area contributed by atoms with E-state index in [-0.39, 0.29) is 31.1 Å². The predicted molar refractivity (Wildman–Crippen MR) is 357 cm³/mol. The average Bonchev–Trinajstić information content (AvgIpc) is 3.47. The number of esters is 3. The molecule has 82 heavy (non-hydrogen) atoms. The van der Waals surface area contributed by atoms with E-state index in [0.717, 1.165) is 116 Å². The molecule has 0 aliphatic heterocycles. The molecule has 0 rings (SSSR count). The average molecular weight is 1140 g/mol. The van der Waals surface area contributed by atoms with Crippen molar-refractivity contribution in [2.24, 2.45) is 0 Å². The summed E-state index contributed by atoms with van der Waals surface area (Å²) < 4.78 is 16.8. The van der Waals surface area contributed by atoms with Gasteiger partial charge in [-0.15, -0.1) is 0 Å². The summed E-state index contributed by atoms with van der Waals surface area (Å²) in [5.74, 6) is -0.884. The fraction of sp³-hybridized carbons (Fsp3) is 0.724. The fourth-order valence-corrected chi connectivity index (χ4v) is 9.81. The molecule has 0 bridgehead atoms. The first-order valence-electron chi connectivity index (χ1n) is 34.9.